The fraction of sp³-hybridized carbons (Fsp3) is 0.500. The topological polar surface area (TPSA) is 24.7 Å². The molecule has 0 aromatic rings. The molecule has 0 amide bonds. The van der Waals surface area contributed by atoms with Crippen LogP contribution in [0.5, 0.6) is 0 Å². The fourth-order valence-electron chi connectivity index (χ4n) is 0.826. The Bertz CT molecular complexity index is 132. The highest BCUT2D eigenvalue weighted by atomic mass is 28.3. The first-order chi connectivity index (χ1) is 3.41. The molecule has 0 saturated heterocycles. The van der Waals surface area contributed by atoms with Crippen molar-refractivity contribution in [3.63, 3.8) is 0 Å². The van der Waals surface area contributed by atoms with Crippen LogP contribution in [0.25, 0.3) is 0 Å². The van der Waals surface area contributed by atoms with Crippen LogP contribution in [0.15, 0.2) is 9.32 Å². The van der Waals surface area contributed by atoms with Crippen molar-refractivity contribution >= 4 is 20.8 Å². The summed E-state index contributed by atoms with van der Waals surface area (Å²) in [5, 5.41) is 0. The SMILES string of the molecule is C1=N[Si]2(C1)CC=N2. The molecule has 2 aliphatic heterocycles. The zero-order chi connectivity index (χ0) is 4.74. The molecule has 0 unspecified atom stereocenters. The van der Waals surface area contributed by atoms with Gasteiger partial charge in [0.05, 0.1) is 0 Å². The molecule has 0 atom stereocenters. The van der Waals surface area contributed by atoms with Gasteiger partial charge in [0.25, 0.3) is 0 Å². The van der Waals surface area contributed by atoms with Crippen molar-refractivity contribution in [1.82, 2.24) is 0 Å². The molecule has 0 fully saturated rings. The van der Waals surface area contributed by atoms with Gasteiger partial charge >= 0.3 is 8.40 Å². The lowest BCUT2D eigenvalue weighted by molar-refractivity contribution is 1.28. The monoisotopic (exact) mass is 110 g/mol. The molecular formula is C4H6N2Si. The molecule has 3 heteroatoms. The van der Waals surface area contributed by atoms with E-state index in [4.69, 9.17) is 0 Å². The average Bonchev–Trinajstić information content (AvgIpc) is 1.20. The lowest BCUT2D eigenvalue weighted by Gasteiger charge is -2.31. The van der Waals surface area contributed by atoms with Gasteiger partial charge in [-0.25, -0.2) is 0 Å². The Hall–Kier alpha value is -0.443. The van der Waals surface area contributed by atoms with Crippen LogP contribution in [0, 0.1) is 0 Å². The van der Waals surface area contributed by atoms with Crippen molar-refractivity contribution < 1.29 is 0 Å². The minimum Gasteiger partial charge on any atom is -0.307 e. The summed E-state index contributed by atoms with van der Waals surface area (Å²) in [5.74, 6) is 0. The lowest BCUT2D eigenvalue weighted by atomic mass is 10.8. The van der Waals surface area contributed by atoms with E-state index < -0.39 is 8.40 Å². The molecule has 36 valence electrons. The number of hydrogen-bond donors (Lipinski definition) is 0. The normalized spacial score (nSPS) is 29.7. The van der Waals surface area contributed by atoms with Gasteiger partial charge in [0, 0.05) is 12.1 Å². The highest BCUT2D eigenvalue weighted by Gasteiger charge is 2.40. The van der Waals surface area contributed by atoms with Crippen LogP contribution >= 0.6 is 0 Å². The van der Waals surface area contributed by atoms with Crippen LogP contribution in [-0.4, -0.2) is 20.8 Å². The molecule has 1 spiro atoms. The van der Waals surface area contributed by atoms with Crippen molar-refractivity contribution in [1.29, 1.82) is 0 Å². The molecule has 0 bridgehead atoms. The second-order valence-corrected chi connectivity index (χ2v) is 5.31. The van der Waals surface area contributed by atoms with Crippen molar-refractivity contribution in [2.24, 2.45) is 9.32 Å². The number of nitrogens with zero attached hydrogens (tertiary/aromatic N) is 2. The zero-order valence-corrected chi connectivity index (χ0v) is 4.96. The van der Waals surface area contributed by atoms with Gasteiger partial charge in [-0.15, -0.1) is 0 Å². The molecule has 2 rings (SSSR count). The molecule has 0 aliphatic carbocycles. The van der Waals surface area contributed by atoms with E-state index in [0.29, 0.717) is 0 Å². The third-order valence-electron chi connectivity index (χ3n) is 1.50. The maximum atomic E-state index is 4.22. The summed E-state index contributed by atoms with van der Waals surface area (Å²) in [7, 11) is -1.15. The van der Waals surface area contributed by atoms with Crippen molar-refractivity contribution in [3.8, 4) is 0 Å². The highest BCUT2D eigenvalue weighted by molar-refractivity contribution is 6.89. The van der Waals surface area contributed by atoms with E-state index in [-0.39, 0.29) is 0 Å². The molecule has 2 heterocycles. The molecule has 0 aromatic heterocycles. The second-order valence-electron chi connectivity index (χ2n) is 2.01. The summed E-state index contributed by atoms with van der Waals surface area (Å²) in [5.41, 5.74) is 0. The molecule has 2 nitrogen and oxygen atoms in total. The third kappa shape index (κ3) is 0.290. The van der Waals surface area contributed by atoms with E-state index in [1.165, 1.54) is 12.1 Å². The van der Waals surface area contributed by atoms with Crippen molar-refractivity contribution in [2.75, 3.05) is 0 Å². The van der Waals surface area contributed by atoms with Gasteiger partial charge in [-0.3, -0.25) is 0 Å². The largest absolute Gasteiger partial charge is 0.311 e. The van der Waals surface area contributed by atoms with E-state index in [1.807, 2.05) is 12.4 Å². The first-order valence-electron chi connectivity index (χ1n) is 2.49. The van der Waals surface area contributed by atoms with Crippen LogP contribution in [0.4, 0.5) is 0 Å². The standard InChI is InChI=1S/C4H6N2Si/c1-3-7(5-1)4-2-6-7/h1-2H,3-4H2. The van der Waals surface area contributed by atoms with Gasteiger partial charge in [0.2, 0.25) is 0 Å². The van der Waals surface area contributed by atoms with Gasteiger partial charge < -0.3 is 9.32 Å². The van der Waals surface area contributed by atoms with Gasteiger partial charge in [-0.1, -0.05) is 0 Å². The van der Waals surface area contributed by atoms with Crippen LogP contribution in [0.3, 0.4) is 0 Å². The molecule has 2 aliphatic rings. The van der Waals surface area contributed by atoms with Crippen LogP contribution in [0.1, 0.15) is 0 Å². The maximum Gasteiger partial charge on any atom is 0.311 e. The quantitative estimate of drug-likeness (QED) is 0.408. The van der Waals surface area contributed by atoms with E-state index in [0.717, 1.165) is 0 Å². The summed E-state index contributed by atoms with van der Waals surface area (Å²) in [6, 6.07) is 2.42. The van der Waals surface area contributed by atoms with Gasteiger partial charge in [0.1, 0.15) is 0 Å². The Morgan fingerprint density at radius 3 is 1.57 bits per heavy atom. The summed E-state index contributed by atoms with van der Waals surface area (Å²) in [6.45, 7) is 0. The van der Waals surface area contributed by atoms with Crippen LogP contribution < -0.4 is 0 Å². The highest BCUT2D eigenvalue weighted by Crippen LogP contribution is 2.28. The van der Waals surface area contributed by atoms with Crippen molar-refractivity contribution in [2.45, 2.75) is 12.1 Å². The van der Waals surface area contributed by atoms with Crippen molar-refractivity contribution in [3.05, 3.63) is 0 Å². The minimum absolute atomic E-state index is 1.15. The lowest BCUT2D eigenvalue weighted by Crippen LogP contribution is -2.43. The average molecular weight is 110 g/mol. The molecule has 7 heavy (non-hydrogen) atoms. The smallest absolute Gasteiger partial charge is 0.307 e. The van der Waals surface area contributed by atoms with Gasteiger partial charge in [-0.2, -0.15) is 0 Å². The number of hydrogen-bond acceptors (Lipinski definition) is 2. The second kappa shape index (κ2) is 0.864. The Balaban J connectivity index is 2.32. The third-order valence-corrected chi connectivity index (χ3v) is 4.50. The minimum atomic E-state index is -1.15. The Kier molecular flexibility index (Phi) is 0.438. The molecule has 0 saturated carbocycles. The van der Waals surface area contributed by atoms with E-state index in [9.17, 15) is 0 Å². The first-order valence-corrected chi connectivity index (χ1v) is 4.80. The molecule has 0 radical (unpaired) electrons. The number of rotatable bonds is 0. The van der Waals surface area contributed by atoms with E-state index in [2.05, 4.69) is 9.32 Å². The van der Waals surface area contributed by atoms with Crippen LogP contribution in [-0.2, 0) is 0 Å². The first kappa shape index (κ1) is 3.55. The van der Waals surface area contributed by atoms with Gasteiger partial charge in [0.15, 0.2) is 0 Å². The molecular weight excluding hydrogens is 104 g/mol. The summed E-state index contributed by atoms with van der Waals surface area (Å²) in [6.07, 6.45) is 3.98. The Labute approximate surface area is 43.2 Å². The zero-order valence-electron chi connectivity index (χ0n) is 3.96. The summed E-state index contributed by atoms with van der Waals surface area (Å²) < 4.78 is 8.44. The summed E-state index contributed by atoms with van der Waals surface area (Å²) in [4.78, 5) is 0. The van der Waals surface area contributed by atoms with Crippen LogP contribution in [0.2, 0.25) is 12.1 Å². The van der Waals surface area contributed by atoms with E-state index >= 15 is 0 Å². The molecule has 0 aromatic carbocycles. The molecule has 0 N–H and O–H groups in total. The predicted molar refractivity (Wildman–Crippen MR) is 32.4 cm³/mol. The fourth-order valence-corrected chi connectivity index (χ4v) is 2.48. The summed E-state index contributed by atoms with van der Waals surface area (Å²) >= 11 is 0. The Morgan fingerprint density at radius 2 is 1.57 bits per heavy atom. The van der Waals surface area contributed by atoms with E-state index in [1.54, 1.807) is 0 Å². The Morgan fingerprint density at radius 1 is 1.14 bits per heavy atom. The van der Waals surface area contributed by atoms with Gasteiger partial charge in [-0.05, 0) is 12.4 Å². The maximum absolute atomic E-state index is 4.22. The predicted octanol–water partition coefficient (Wildman–Crippen LogP) is 0.597.